The Balaban J connectivity index is 1.70. The minimum atomic E-state index is -0.251. The summed E-state index contributed by atoms with van der Waals surface area (Å²) in [6.07, 6.45) is 5.08. The molecule has 0 atom stereocenters. The molecule has 122 valence electrons. The number of aryl methyl sites for hydroxylation is 2. The number of benzene rings is 1. The van der Waals surface area contributed by atoms with E-state index in [-0.39, 0.29) is 12.5 Å². The van der Waals surface area contributed by atoms with Gasteiger partial charge in [-0.15, -0.1) is 0 Å². The van der Waals surface area contributed by atoms with Crippen LogP contribution in [0.2, 0.25) is 0 Å². The van der Waals surface area contributed by atoms with Gasteiger partial charge in [0.15, 0.2) is 12.4 Å². The van der Waals surface area contributed by atoms with Gasteiger partial charge in [0.25, 0.3) is 5.91 Å². The summed E-state index contributed by atoms with van der Waals surface area (Å²) in [6, 6.07) is 11.2. The van der Waals surface area contributed by atoms with E-state index in [4.69, 9.17) is 4.74 Å². The number of aromatic nitrogens is 3. The zero-order valence-corrected chi connectivity index (χ0v) is 13.6. The van der Waals surface area contributed by atoms with Crippen LogP contribution in [0.4, 0.5) is 5.69 Å². The van der Waals surface area contributed by atoms with Crippen molar-refractivity contribution in [1.82, 2.24) is 14.8 Å². The summed E-state index contributed by atoms with van der Waals surface area (Å²) in [5.74, 6) is 1.05. The Labute approximate surface area is 140 Å². The van der Waals surface area contributed by atoms with Crippen LogP contribution in [0.3, 0.4) is 0 Å². The van der Waals surface area contributed by atoms with Crippen molar-refractivity contribution >= 4 is 11.6 Å². The largest absolute Gasteiger partial charge is 0.483 e. The summed E-state index contributed by atoms with van der Waals surface area (Å²) >= 11 is 0. The third-order valence-electron chi connectivity index (χ3n) is 3.54. The smallest absolute Gasteiger partial charge is 0.262 e. The maximum Gasteiger partial charge on any atom is 0.262 e. The lowest BCUT2D eigenvalue weighted by Crippen LogP contribution is -2.22. The first kappa shape index (κ1) is 15.7. The summed E-state index contributed by atoms with van der Waals surface area (Å²) in [7, 11) is 0. The quantitative estimate of drug-likeness (QED) is 0.784. The molecule has 2 aromatic heterocycles. The fourth-order valence-electron chi connectivity index (χ4n) is 2.42. The first-order valence-electron chi connectivity index (χ1n) is 7.59. The Hall–Kier alpha value is -3.15. The zero-order valence-electron chi connectivity index (χ0n) is 13.6. The van der Waals surface area contributed by atoms with Gasteiger partial charge >= 0.3 is 0 Å². The van der Waals surface area contributed by atoms with E-state index in [2.05, 4.69) is 15.4 Å². The highest BCUT2D eigenvalue weighted by Crippen LogP contribution is 2.22. The number of rotatable bonds is 5. The van der Waals surface area contributed by atoms with Crippen LogP contribution in [0, 0.1) is 13.8 Å². The van der Waals surface area contributed by atoms with Crippen LogP contribution in [0.5, 0.6) is 5.75 Å². The van der Waals surface area contributed by atoms with Gasteiger partial charge in [0.2, 0.25) is 0 Å². The lowest BCUT2D eigenvalue weighted by Gasteiger charge is -2.13. The molecule has 0 aliphatic carbocycles. The van der Waals surface area contributed by atoms with Gasteiger partial charge in [0.05, 0.1) is 5.69 Å². The van der Waals surface area contributed by atoms with Crippen molar-refractivity contribution < 1.29 is 9.53 Å². The lowest BCUT2D eigenvalue weighted by molar-refractivity contribution is -0.118. The molecule has 6 heteroatoms. The monoisotopic (exact) mass is 322 g/mol. The van der Waals surface area contributed by atoms with Crippen LogP contribution in [0.25, 0.3) is 5.82 Å². The molecule has 24 heavy (non-hydrogen) atoms. The summed E-state index contributed by atoms with van der Waals surface area (Å²) in [6.45, 7) is 3.84. The molecule has 0 aliphatic rings. The summed E-state index contributed by atoms with van der Waals surface area (Å²) in [4.78, 5) is 16.5. The van der Waals surface area contributed by atoms with E-state index in [9.17, 15) is 4.79 Å². The summed E-state index contributed by atoms with van der Waals surface area (Å²) < 4.78 is 7.28. The minimum Gasteiger partial charge on any atom is -0.483 e. The molecule has 3 rings (SSSR count). The SMILES string of the molecule is Cc1cccc(C)c1OCC(=O)Nc1cccnc1-n1cccn1. The average molecular weight is 322 g/mol. The van der Waals surface area contributed by atoms with Gasteiger partial charge in [-0.3, -0.25) is 4.79 Å². The molecule has 3 aromatic rings. The number of anilines is 1. The average Bonchev–Trinajstić information content (AvgIpc) is 3.09. The van der Waals surface area contributed by atoms with Crippen molar-refractivity contribution in [3.05, 3.63) is 66.1 Å². The topological polar surface area (TPSA) is 69.0 Å². The number of pyridine rings is 1. The Morgan fingerprint density at radius 3 is 2.62 bits per heavy atom. The van der Waals surface area contributed by atoms with E-state index in [1.54, 1.807) is 41.5 Å². The normalized spacial score (nSPS) is 10.4. The predicted molar refractivity (Wildman–Crippen MR) is 91.4 cm³/mol. The van der Waals surface area contributed by atoms with Gasteiger partial charge in [-0.25, -0.2) is 9.67 Å². The molecule has 0 unspecified atom stereocenters. The maximum atomic E-state index is 12.2. The molecule has 0 saturated heterocycles. The van der Waals surface area contributed by atoms with E-state index >= 15 is 0 Å². The third kappa shape index (κ3) is 3.43. The number of nitrogens with zero attached hydrogens (tertiary/aromatic N) is 3. The molecule has 1 amide bonds. The molecular weight excluding hydrogens is 304 g/mol. The van der Waals surface area contributed by atoms with Crippen molar-refractivity contribution in [2.75, 3.05) is 11.9 Å². The van der Waals surface area contributed by atoms with Crippen LogP contribution < -0.4 is 10.1 Å². The molecule has 0 radical (unpaired) electrons. The van der Waals surface area contributed by atoms with Crippen LogP contribution in [-0.2, 0) is 4.79 Å². The summed E-state index contributed by atoms with van der Waals surface area (Å²) in [5, 5.41) is 6.96. The fraction of sp³-hybridized carbons (Fsp3) is 0.167. The van der Waals surface area contributed by atoms with E-state index in [1.807, 2.05) is 32.0 Å². The van der Waals surface area contributed by atoms with E-state index < -0.39 is 0 Å². The van der Waals surface area contributed by atoms with Gasteiger partial charge < -0.3 is 10.1 Å². The molecule has 0 fully saturated rings. The first-order chi connectivity index (χ1) is 11.6. The summed E-state index contributed by atoms with van der Waals surface area (Å²) in [5.41, 5.74) is 2.58. The van der Waals surface area contributed by atoms with E-state index in [0.29, 0.717) is 11.5 Å². The number of para-hydroxylation sites is 1. The highest BCUT2D eigenvalue weighted by molar-refractivity contribution is 5.93. The fourth-order valence-corrected chi connectivity index (χ4v) is 2.42. The van der Waals surface area contributed by atoms with Gasteiger partial charge in [0.1, 0.15) is 5.75 Å². The number of ether oxygens (including phenoxy) is 1. The minimum absolute atomic E-state index is 0.0703. The Kier molecular flexibility index (Phi) is 4.56. The second kappa shape index (κ2) is 6.95. The van der Waals surface area contributed by atoms with Crippen LogP contribution >= 0.6 is 0 Å². The highest BCUT2D eigenvalue weighted by atomic mass is 16.5. The number of hydrogen-bond acceptors (Lipinski definition) is 4. The van der Waals surface area contributed by atoms with Crippen molar-refractivity contribution in [3.8, 4) is 11.6 Å². The van der Waals surface area contributed by atoms with Gasteiger partial charge in [-0.05, 0) is 43.2 Å². The Morgan fingerprint density at radius 1 is 1.12 bits per heavy atom. The standard InChI is InChI=1S/C18H18N4O2/c1-13-6-3-7-14(2)17(13)24-12-16(23)21-15-8-4-9-19-18(15)22-11-5-10-20-22/h3-11H,12H2,1-2H3,(H,21,23). The van der Waals surface area contributed by atoms with Gasteiger partial charge in [-0.2, -0.15) is 5.10 Å². The molecule has 0 spiro atoms. The second-order valence-electron chi connectivity index (χ2n) is 5.38. The van der Waals surface area contributed by atoms with E-state index in [0.717, 1.165) is 16.9 Å². The number of nitrogens with one attached hydrogen (secondary N) is 1. The molecule has 0 saturated carbocycles. The number of amides is 1. The van der Waals surface area contributed by atoms with Crippen LogP contribution in [-0.4, -0.2) is 27.3 Å². The number of carbonyl (C=O) groups excluding carboxylic acids is 1. The molecule has 1 N–H and O–H groups in total. The molecule has 6 nitrogen and oxygen atoms in total. The molecule has 0 bridgehead atoms. The molecule has 0 aliphatic heterocycles. The third-order valence-corrected chi connectivity index (χ3v) is 3.54. The maximum absolute atomic E-state index is 12.2. The van der Waals surface area contributed by atoms with Crippen LogP contribution in [0.1, 0.15) is 11.1 Å². The predicted octanol–water partition coefficient (Wildman–Crippen LogP) is 2.90. The van der Waals surface area contributed by atoms with Crippen molar-refractivity contribution in [3.63, 3.8) is 0 Å². The zero-order chi connectivity index (χ0) is 16.9. The Morgan fingerprint density at radius 2 is 1.92 bits per heavy atom. The second-order valence-corrected chi connectivity index (χ2v) is 5.38. The number of carbonyl (C=O) groups is 1. The highest BCUT2D eigenvalue weighted by Gasteiger charge is 2.11. The number of hydrogen-bond donors (Lipinski definition) is 1. The van der Waals surface area contributed by atoms with E-state index in [1.165, 1.54) is 0 Å². The van der Waals surface area contributed by atoms with Gasteiger partial charge in [0, 0.05) is 18.6 Å². The first-order valence-corrected chi connectivity index (χ1v) is 7.59. The Bertz CT molecular complexity index is 824. The van der Waals surface area contributed by atoms with Crippen molar-refractivity contribution in [2.24, 2.45) is 0 Å². The van der Waals surface area contributed by atoms with Crippen molar-refractivity contribution in [1.29, 1.82) is 0 Å². The van der Waals surface area contributed by atoms with Crippen LogP contribution in [0.15, 0.2) is 55.0 Å². The molecule has 1 aromatic carbocycles. The molecule has 2 heterocycles. The lowest BCUT2D eigenvalue weighted by atomic mass is 10.1. The van der Waals surface area contributed by atoms with Gasteiger partial charge in [-0.1, -0.05) is 18.2 Å². The molecular formula is C18H18N4O2. The van der Waals surface area contributed by atoms with Crippen molar-refractivity contribution in [2.45, 2.75) is 13.8 Å².